The summed E-state index contributed by atoms with van der Waals surface area (Å²) < 4.78 is 7.70. The summed E-state index contributed by atoms with van der Waals surface area (Å²) in [4.78, 5) is 23.7. The average Bonchev–Trinajstić information content (AvgIpc) is 3.03. The fraction of sp³-hybridized carbons (Fsp3) is 0.684. The Hall–Kier alpha value is -1.82. The van der Waals surface area contributed by atoms with Crippen LogP contribution in [-0.2, 0) is 11.3 Å². The maximum atomic E-state index is 12.1. The number of nitrogens with zero attached hydrogens (tertiary/aromatic N) is 1. The van der Waals surface area contributed by atoms with Crippen LogP contribution in [0.3, 0.4) is 0 Å². The lowest BCUT2D eigenvalue weighted by molar-refractivity contribution is -0.0820. The van der Waals surface area contributed by atoms with E-state index < -0.39 is 0 Å². The predicted molar refractivity (Wildman–Crippen MR) is 96.6 cm³/mol. The fourth-order valence-corrected chi connectivity index (χ4v) is 4.01. The van der Waals surface area contributed by atoms with Gasteiger partial charge in [-0.3, -0.25) is 4.79 Å². The number of nitrogens with one attached hydrogen (secondary N) is 2. The van der Waals surface area contributed by atoms with Crippen LogP contribution >= 0.6 is 0 Å². The van der Waals surface area contributed by atoms with Gasteiger partial charge in [-0.1, -0.05) is 18.9 Å². The smallest absolute Gasteiger partial charge is 0.315 e. The first-order chi connectivity index (χ1) is 12.2. The molecule has 0 bridgehead atoms. The molecule has 0 aromatic carbocycles. The Balaban J connectivity index is 1.32. The van der Waals surface area contributed by atoms with Crippen molar-refractivity contribution in [3.63, 3.8) is 0 Å². The first-order valence-corrected chi connectivity index (χ1v) is 9.51. The number of carbonyl (C=O) groups is 1. The van der Waals surface area contributed by atoms with Gasteiger partial charge in [0.05, 0.1) is 5.60 Å². The molecule has 1 aromatic heterocycles. The molecule has 138 valence electrons. The summed E-state index contributed by atoms with van der Waals surface area (Å²) in [6.45, 7) is 2.06. The van der Waals surface area contributed by atoms with Crippen LogP contribution in [0.4, 0.5) is 4.79 Å². The van der Waals surface area contributed by atoms with Gasteiger partial charge < -0.3 is 19.9 Å². The summed E-state index contributed by atoms with van der Waals surface area (Å²) in [6, 6.07) is 5.30. The second-order valence-electron chi connectivity index (χ2n) is 7.27. The highest BCUT2D eigenvalue weighted by Crippen LogP contribution is 2.39. The van der Waals surface area contributed by atoms with Crippen molar-refractivity contribution >= 4 is 6.03 Å². The SMILES string of the molecule is O=C(NCCCCn1ccccc1=O)N[C@H]1CCOC2(CCCC2)C1. The Bertz CT molecular complexity index is 622. The number of ether oxygens (including phenoxy) is 1. The lowest BCUT2D eigenvalue weighted by Crippen LogP contribution is -2.50. The Morgan fingerprint density at radius 3 is 2.92 bits per heavy atom. The number of carbonyl (C=O) groups excluding carboxylic acids is 1. The van der Waals surface area contributed by atoms with Gasteiger partial charge in [0, 0.05) is 38.0 Å². The fourth-order valence-electron chi connectivity index (χ4n) is 4.01. The Kier molecular flexibility index (Phi) is 6.13. The molecule has 2 amide bonds. The zero-order valence-corrected chi connectivity index (χ0v) is 14.8. The molecular weight excluding hydrogens is 318 g/mol. The van der Waals surface area contributed by atoms with Crippen LogP contribution in [0.2, 0.25) is 0 Å². The first kappa shape index (κ1) is 18.0. The highest BCUT2D eigenvalue weighted by atomic mass is 16.5. The largest absolute Gasteiger partial charge is 0.375 e. The minimum Gasteiger partial charge on any atom is -0.375 e. The average molecular weight is 347 g/mol. The van der Waals surface area contributed by atoms with Crippen molar-refractivity contribution in [1.82, 2.24) is 15.2 Å². The molecule has 1 spiro atoms. The van der Waals surface area contributed by atoms with E-state index in [9.17, 15) is 9.59 Å². The van der Waals surface area contributed by atoms with Gasteiger partial charge in [0.25, 0.3) is 0 Å². The Morgan fingerprint density at radius 2 is 2.12 bits per heavy atom. The third-order valence-electron chi connectivity index (χ3n) is 5.35. The highest BCUT2D eigenvalue weighted by Gasteiger charge is 2.40. The summed E-state index contributed by atoms with van der Waals surface area (Å²) in [7, 11) is 0. The Labute approximate surface area is 148 Å². The lowest BCUT2D eigenvalue weighted by atomic mass is 9.89. The van der Waals surface area contributed by atoms with Crippen LogP contribution in [0, 0.1) is 0 Å². The Morgan fingerprint density at radius 1 is 1.28 bits per heavy atom. The third kappa shape index (κ3) is 5.08. The number of unbranched alkanes of at least 4 members (excludes halogenated alkanes) is 1. The van der Waals surface area contributed by atoms with E-state index in [0.29, 0.717) is 13.1 Å². The maximum absolute atomic E-state index is 12.1. The van der Waals surface area contributed by atoms with Crippen LogP contribution in [0.5, 0.6) is 0 Å². The number of hydrogen-bond acceptors (Lipinski definition) is 3. The molecule has 1 atom stereocenters. The van der Waals surface area contributed by atoms with Crippen molar-refractivity contribution in [3.8, 4) is 0 Å². The second kappa shape index (κ2) is 8.52. The molecule has 1 saturated carbocycles. The van der Waals surface area contributed by atoms with Crippen LogP contribution in [0.25, 0.3) is 0 Å². The van der Waals surface area contributed by atoms with Crippen LogP contribution in [0.1, 0.15) is 51.4 Å². The van der Waals surface area contributed by atoms with Gasteiger partial charge in [-0.2, -0.15) is 0 Å². The van der Waals surface area contributed by atoms with Crippen LogP contribution in [0.15, 0.2) is 29.2 Å². The summed E-state index contributed by atoms with van der Waals surface area (Å²) in [5.41, 5.74) is 0.0487. The van der Waals surface area contributed by atoms with Crippen molar-refractivity contribution in [2.24, 2.45) is 0 Å². The molecular formula is C19H29N3O3. The molecule has 1 saturated heterocycles. The van der Waals surface area contributed by atoms with E-state index in [0.717, 1.165) is 45.1 Å². The van der Waals surface area contributed by atoms with Gasteiger partial charge in [0.15, 0.2) is 0 Å². The highest BCUT2D eigenvalue weighted by molar-refractivity contribution is 5.74. The third-order valence-corrected chi connectivity index (χ3v) is 5.35. The molecule has 0 radical (unpaired) electrons. The van der Waals surface area contributed by atoms with Gasteiger partial charge in [-0.15, -0.1) is 0 Å². The zero-order chi connectivity index (χ0) is 17.5. The van der Waals surface area contributed by atoms with Gasteiger partial charge >= 0.3 is 6.03 Å². The number of aromatic nitrogens is 1. The van der Waals surface area contributed by atoms with E-state index in [2.05, 4.69) is 10.6 Å². The number of aryl methyl sites for hydroxylation is 1. The van der Waals surface area contributed by atoms with Crippen molar-refractivity contribution in [1.29, 1.82) is 0 Å². The van der Waals surface area contributed by atoms with Crippen molar-refractivity contribution < 1.29 is 9.53 Å². The normalized spacial score (nSPS) is 22.0. The summed E-state index contributed by atoms with van der Waals surface area (Å²) in [6.07, 6.45) is 10.1. The molecule has 6 heteroatoms. The van der Waals surface area contributed by atoms with Gasteiger partial charge in [0.2, 0.25) is 5.56 Å². The molecule has 2 aliphatic rings. The topological polar surface area (TPSA) is 72.4 Å². The molecule has 25 heavy (non-hydrogen) atoms. The molecule has 1 aliphatic carbocycles. The molecule has 2 heterocycles. The zero-order valence-electron chi connectivity index (χ0n) is 14.8. The molecule has 6 nitrogen and oxygen atoms in total. The maximum Gasteiger partial charge on any atom is 0.315 e. The molecule has 0 unspecified atom stereocenters. The van der Waals surface area contributed by atoms with Crippen molar-refractivity contribution in [3.05, 3.63) is 34.7 Å². The number of rotatable bonds is 6. The minimum absolute atomic E-state index is 0.0218. The van der Waals surface area contributed by atoms with Crippen molar-refractivity contribution in [2.45, 2.75) is 69.6 Å². The molecule has 2 fully saturated rings. The van der Waals surface area contributed by atoms with Gasteiger partial charge in [-0.05, 0) is 44.6 Å². The van der Waals surface area contributed by atoms with E-state index in [1.165, 1.54) is 12.8 Å². The number of hydrogen-bond donors (Lipinski definition) is 2. The monoisotopic (exact) mass is 347 g/mol. The minimum atomic E-state index is -0.0862. The van der Waals surface area contributed by atoms with Crippen LogP contribution in [-0.4, -0.2) is 35.4 Å². The number of urea groups is 1. The number of pyridine rings is 1. The first-order valence-electron chi connectivity index (χ1n) is 9.51. The summed E-state index contributed by atoms with van der Waals surface area (Å²) in [5.74, 6) is 0. The second-order valence-corrected chi connectivity index (χ2v) is 7.27. The van der Waals surface area contributed by atoms with Gasteiger partial charge in [-0.25, -0.2) is 4.79 Å². The molecule has 1 aromatic rings. The van der Waals surface area contributed by atoms with E-state index >= 15 is 0 Å². The standard InChI is InChI=1S/C19H29N3O3/c23-17-7-1-5-12-22(17)13-6-4-11-20-18(24)21-16-8-14-25-19(15-16)9-2-3-10-19/h1,5,7,12,16H,2-4,6,8-11,13-15H2,(H2,20,21,24)/t16-/m0/s1. The van der Waals surface area contributed by atoms with Crippen molar-refractivity contribution in [2.75, 3.05) is 13.2 Å². The quantitative estimate of drug-likeness (QED) is 0.776. The molecule has 1 aliphatic heterocycles. The van der Waals surface area contributed by atoms with Crippen LogP contribution < -0.4 is 16.2 Å². The van der Waals surface area contributed by atoms with E-state index in [1.807, 2.05) is 6.07 Å². The van der Waals surface area contributed by atoms with Gasteiger partial charge in [0.1, 0.15) is 0 Å². The molecule has 3 rings (SSSR count). The predicted octanol–water partition coefficient (Wildman–Crippen LogP) is 2.42. The van der Waals surface area contributed by atoms with E-state index in [4.69, 9.17) is 4.74 Å². The molecule has 2 N–H and O–H groups in total. The summed E-state index contributed by atoms with van der Waals surface area (Å²) in [5, 5.41) is 6.03. The lowest BCUT2D eigenvalue weighted by Gasteiger charge is -2.38. The van der Waals surface area contributed by atoms with E-state index in [1.54, 1.807) is 22.9 Å². The number of amides is 2. The van der Waals surface area contributed by atoms with E-state index in [-0.39, 0.29) is 23.2 Å². The summed E-state index contributed by atoms with van der Waals surface area (Å²) >= 11 is 0.